The fourth-order valence-electron chi connectivity index (χ4n) is 3.62. The van der Waals surface area contributed by atoms with Crippen molar-refractivity contribution in [2.45, 2.75) is 25.6 Å². The van der Waals surface area contributed by atoms with Gasteiger partial charge >= 0.3 is 0 Å². The number of aromatic nitrogens is 2. The van der Waals surface area contributed by atoms with E-state index < -0.39 is 0 Å². The van der Waals surface area contributed by atoms with Gasteiger partial charge in [0.2, 0.25) is 0 Å². The minimum atomic E-state index is 0.392. The average molecular weight is 332 g/mol. The first-order valence-electron chi connectivity index (χ1n) is 8.88. The Morgan fingerprint density at radius 1 is 1.04 bits per heavy atom. The predicted octanol–water partition coefficient (Wildman–Crippen LogP) is 3.66. The number of nitrogens with zero attached hydrogens (tertiary/aromatic N) is 3. The van der Waals surface area contributed by atoms with Gasteiger partial charge in [0.05, 0.1) is 6.20 Å². The largest absolute Gasteiger partial charge is 0.367 e. The lowest BCUT2D eigenvalue weighted by Gasteiger charge is -2.36. The zero-order chi connectivity index (χ0) is 17.1. The molecule has 0 spiro atoms. The van der Waals surface area contributed by atoms with E-state index in [2.05, 4.69) is 76.1 Å². The second-order valence-electron chi connectivity index (χ2n) is 6.71. The third kappa shape index (κ3) is 3.59. The fourth-order valence-corrected chi connectivity index (χ4v) is 3.62. The van der Waals surface area contributed by atoms with Crippen LogP contribution >= 0.6 is 0 Å². The highest BCUT2D eigenvalue weighted by atomic mass is 15.2. The van der Waals surface area contributed by atoms with Gasteiger partial charge in [-0.25, -0.2) is 0 Å². The Morgan fingerprint density at radius 3 is 2.64 bits per heavy atom. The Hall–Kier alpha value is -2.59. The highest BCUT2D eigenvalue weighted by Gasteiger charge is 2.24. The molecule has 0 aliphatic carbocycles. The maximum atomic E-state index is 4.25. The zero-order valence-corrected chi connectivity index (χ0v) is 14.6. The minimum absolute atomic E-state index is 0.392. The Labute approximate surface area is 149 Å². The number of para-hydroxylation sites is 1. The SMILES string of the molecule is Cn1cc(CNC2CCN(Cc3ccccc3)c3ccccc32)cn1. The predicted molar refractivity (Wildman–Crippen MR) is 101 cm³/mol. The number of hydrogen-bond acceptors (Lipinski definition) is 3. The van der Waals surface area contributed by atoms with E-state index in [0.29, 0.717) is 6.04 Å². The van der Waals surface area contributed by atoms with Crippen LogP contribution in [-0.2, 0) is 20.1 Å². The maximum absolute atomic E-state index is 4.25. The van der Waals surface area contributed by atoms with E-state index in [9.17, 15) is 0 Å². The molecule has 25 heavy (non-hydrogen) atoms. The molecule has 0 fully saturated rings. The summed E-state index contributed by atoms with van der Waals surface area (Å²) in [5.74, 6) is 0. The lowest BCUT2D eigenvalue weighted by molar-refractivity contribution is 0.476. The Kier molecular flexibility index (Phi) is 4.53. The van der Waals surface area contributed by atoms with Gasteiger partial charge in [0.15, 0.2) is 0 Å². The van der Waals surface area contributed by atoms with Crippen molar-refractivity contribution < 1.29 is 0 Å². The van der Waals surface area contributed by atoms with Gasteiger partial charge in [0, 0.05) is 50.2 Å². The molecule has 0 saturated heterocycles. The maximum Gasteiger partial charge on any atom is 0.0534 e. The minimum Gasteiger partial charge on any atom is -0.367 e. The molecule has 128 valence electrons. The number of aryl methyl sites for hydroxylation is 1. The molecule has 1 aliphatic rings. The smallest absolute Gasteiger partial charge is 0.0534 e. The van der Waals surface area contributed by atoms with Crippen molar-refractivity contribution in [3.05, 3.63) is 83.7 Å². The van der Waals surface area contributed by atoms with E-state index in [1.165, 1.54) is 22.4 Å². The molecule has 1 unspecified atom stereocenters. The number of benzene rings is 2. The topological polar surface area (TPSA) is 33.1 Å². The van der Waals surface area contributed by atoms with Crippen LogP contribution in [0.5, 0.6) is 0 Å². The van der Waals surface area contributed by atoms with Crippen LogP contribution in [0.2, 0.25) is 0 Å². The van der Waals surface area contributed by atoms with Crippen LogP contribution in [0.3, 0.4) is 0 Å². The number of hydrogen-bond donors (Lipinski definition) is 1. The summed E-state index contributed by atoms with van der Waals surface area (Å²) in [7, 11) is 1.96. The molecule has 0 saturated carbocycles. The molecule has 2 heterocycles. The third-order valence-corrected chi connectivity index (χ3v) is 4.87. The summed E-state index contributed by atoms with van der Waals surface area (Å²) in [6, 6.07) is 19.9. The summed E-state index contributed by atoms with van der Waals surface area (Å²) in [6.07, 6.45) is 5.12. The quantitative estimate of drug-likeness (QED) is 0.774. The summed E-state index contributed by atoms with van der Waals surface area (Å²) in [4.78, 5) is 2.49. The number of anilines is 1. The molecule has 0 radical (unpaired) electrons. The van der Waals surface area contributed by atoms with Gasteiger partial charge in [-0.3, -0.25) is 4.68 Å². The summed E-state index contributed by atoms with van der Waals surface area (Å²) >= 11 is 0. The number of rotatable bonds is 5. The molecule has 1 aliphatic heterocycles. The number of fused-ring (bicyclic) bond motifs is 1. The number of nitrogens with one attached hydrogen (secondary N) is 1. The highest BCUT2D eigenvalue weighted by Crippen LogP contribution is 2.34. The monoisotopic (exact) mass is 332 g/mol. The van der Waals surface area contributed by atoms with E-state index >= 15 is 0 Å². The molecule has 1 atom stereocenters. The molecule has 4 nitrogen and oxygen atoms in total. The van der Waals surface area contributed by atoms with Gasteiger partial charge in [-0.2, -0.15) is 5.10 Å². The molecule has 0 bridgehead atoms. The van der Waals surface area contributed by atoms with Gasteiger partial charge < -0.3 is 10.2 Å². The first-order valence-corrected chi connectivity index (χ1v) is 8.88. The van der Waals surface area contributed by atoms with Gasteiger partial charge in [-0.1, -0.05) is 48.5 Å². The average Bonchev–Trinajstić information content (AvgIpc) is 3.07. The highest BCUT2D eigenvalue weighted by molar-refractivity contribution is 5.57. The normalized spacial score (nSPS) is 16.7. The van der Waals surface area contributed by atoms with Crippen LogP contribution in [-0.4, -0.2) is 16.3 Å². The van der Waals surface area contributed by atoms with Gasteiger partial charge in [0.25, 0.3) is 0 Å². The summed E-state index contributed by atoms with van der Waals surface area (Å²) in [5.41, 5.74) is 5.33. The van der Waals surface area contributed by atoms with Crippen LogP contribution in [0.15, 0.2) is 67.0 Å². The van der Waals surface area contributed by atoms with Crippen LogP contribution in [0, 0.1) is 0 Å². The Balaban J connectivity index is 1.50. The molecule has 0 amide bonds. The van der Waals surface area contributed by atoms with E-state index in [1.807, 2.05) is 17.9 Å². The molecular formula is C21H24N4. The van der Waals surface area contributed by atoms with Crippen molar-refractivity contribution in [1.82, 2.24) is 15.1 Å². The van der Waals surface area contributed by atoms with Gasteiger partial charge in [-0.15, -0.1) is 0 Å². The molecule has 3 aromatic rings. The summed E-state index contributed by atoms with van der Waals surface area (Å²) < 4.78 is 1.85. The van der Waals surface area contributed by atoms with Crippen LogP contribution in [0.25, 0.3) is 0 Å². The molecule has 4 rings (SSSR count). The van der Waals surface area contributed by atoms with Crippen molar-refractivity contribution in [3.8, 4) is 0 Å². The van der Waals surface area contributed by atoms with Crippen molar-refractivity contribution >= 4 is 5.69 Å². The summed E-state index contributed by atoms with van der Waals surface area (Å²) in [6.45, 7) is 2.88. The fraction of sp³-hybridized carbons (Fsp3) is 0.286. The molecule has 1 N–H and O–H groups in total. The Morgan fingerprint density at radius 2 is 1.84 bits per heavy atom. The zero-order valence-electron chi connectivity index (χ0n) is 14.6. The lowest BCUT2D eigenvalue weighted by atomic mass is 9.95. The second-order valence-corrected chi connectivity index (χ2v) is 6.71. The van der Waals surface area contributed by atoms with Crippen molar-refractivity contribution in [3.63, 3.8) is 0 Å². The van der Waals surface area contributed by atoms with E-state index in [1.54, 1.807) is 0 Å². The molecule has 4 heteroatoms. The van der Waals surface area contributed by atoms with E-state index in [4.69, 9.17) is 0 Å². The first-order chi connectivity index (χ1) is 12.3. The first kappa shape index (κ1) is 15.9. The van der Waals surface area contributed by atoms with Gasteiger partial charge in [0.1, 0.15) is 0 Å². The second kappa shape index (κ2) is 7.11. The standard InChI is InChI=1S/C21H24N4/c1-24-15-18(14-23-24)13-22-20-11-12-25(16-17-7-3-2-4-8-17)21-10-6-5-9-19(20)21/h2-10,14-15,20,22H,11-13,16H2,1H3. The summed E-state index contributed by atoms with van der Waals surface area (Å²) in [5, 5.41) is 7.96. The molecule has 2 aromatic carbocycles. The Bertz CT molecular complexity index is 825. The van der Waals surface area contributed by atoms with Crippen LogP contribution < -0.4 is 10.2 Å². The van der Waals surface area contributed by atoms with Crippen molar-refractivity contribution in [1.29, 1.82) is 0 Å². The molecular weight excluding hydrogens is 308 g/mol. The van der Waals surface area contributed by atoms with Crippen molar-refractivity contribution in [2.24, 2.45) is 7.05 Å². The van der Waals surface area contributed by atoms with E-state index in [-0.39, 0.29) is 0 Å². The lowest BCUT2D eigenvalue weighted by Crippen LogP contribution is -2.35. The van der Waals surface area contributed by atoms with Crippen LogP contribution in [0.4, 0.5) is 5.69 Å². The molecule has 1 aromatic heterocycles. The van der Waals surface area contributed by atoms with Gasteiger partial charge in [-0.05, 0) is 23.6 Å². The van der Waals surface area contributed by atoms with E-state index in [0.717, 1.165) is 26.1 Å². The van der Waals surface area contributed by atoms with Crippen LogP contribution in [0.1, 0.15) is 29.2 Å². The van der Waals surface area contributed by atoms with Crippen molar-refractivity contribution in [2.75, 3.05) is 11.4 Å². The third-order valence-electron chi connectivity index (χ3n) is 4.87.